The summed E-state index contributed by atoms with van der Waals surface area (Å²) in [7, 11) is 0. The predicted octanol–water partition coefficient (Wildman–Crippen LogP) is 4.46. The van der Waals surface area contributed by atoms with E-state index in [9.17, 15) is 4.79 Å². The van der Waals surface area contributed by atoms with Crippen molar-refractivity contribution in [3.8, 4) is 10.6 Å². The number of anilines is 1. The van der Waals surface area contributed by atoms with Crippen LogP contribution in [0, 0.1) is 0 Å². The van der Waals surface area contributed by atoms with Crippen molar-refractivity contribution < 1.29 is 9.53 Å². The lowest BCUT2D eigenvalue weighted by atomic mass is 10.2. The van der Waals surface area contributed by atoms with Gasteiger partial charge in [0, 0.05) is 27.0 Å². The van der Waals surface area contributed by atoms with E-state index in [1.807, 2.05) is 22.2 Å². The quantitative estimate of drug-likeness (QED) is 0.557. The largest absolute Gasteiger partial charge is 0.455 e. The minimum Gasteiger partial charge on any atom is -0.455 e. The zero-order valence-electron chi connectivity index (χ0n) is 11.3. The molecule has 22 heavy (non-hydrogen) atoms. The SMILES string of the molecule is Nc1cc(Cl)ccc1C(=O)OCc1csc(-c2ccsc2)n1. The molecular weight excluding hydrogens is 340 g/mol. The number of nitrogens with zero attached hydrogens (tertiary/aromatic N) is 1. The highest BCUT2D eigenvalue weighted by Crippen LogP contribution is 2.26. The molecule has 112 valence electrons. The minimum atomic E-state index is -0.487. The molecule has 0 unspecified atom stereocenters. The van der Waals surface area contributed by atoms with Gasteiger partial charge >= 0.3 is 5.97 Å². The summed E-state index contributed by atoms with van der Waals surface area (Å²) in [5.41, 5.74) is 8.16. The van der Waals surface area contributed by atoms with Crippen molar-refractivity contribution in [2.75, 3.05) is 5.73 Å². The van der Waals surface area contributed by atoms with Crippen LogP contribution in [0.5, 0.6) is 0 Å². The van der Waals surface area contributed by atoms with Gasteiger partial charge in [-0.15, -0.1) is 11.3 Å². The summed E-state index contributed by atoms with van der Waals surface area (Å²) in [6, 6.07) is 6.69. The van der Waals surface area contributed by atoms with Gasteiger partial charge in [0.1, 0.15) is 11.6 Å². The van der Waals surface area contributed by atoms with Crippen LogP contribution in [0.2, 0.25) is 5.02 Å². The van der Waals surface area contributed by atoms with E-state index in [0.717, 1.165) is 10.6 Å². The van der Waals surface area contributed by atoms with Crippen molar-refractivity contribution in [3.63, 3.8) is 0 Å². The molecule has 4 nitrogen and oxygen atoms in total. The molecule has 7 heteroatoms. The van der Waals surface area contributed by atoms with Crippen LogP contribution in [0.1, 0.15) is 16.1 Å². The molecule has 0 bridgehead atoms. The molecular formula is C15H11ClN2O2S2. The highest BCUT2D eigenvalue weighted by Gasteiger charge is 2.13. The van der Waals surface area contributed by atoms with Gasteiger partial charge in [-0.1, -0.05) is 11.6 Å². The average molecular weight is 351 g/mol. The molecule has 0 atom stereocenters. The predicted molar refractivity (Wildman–Crippen MR) is 90.4 cm³/mol. The Hall–Kier alpha value is -1.89. The smallest absolute Gasteiger partial charge is 0.340 e. The summed E-state index contributed by atoms with van der Waals surface area (Å²) in [5.74, 6) is -0.487. The van der Waals surface area contributed by atoms with Gasteiger partial charge in [0.05, 0.1) is 11.3 Å². The molecule has 0 saturated carbocycles. The highest BCUT2D eigenvalue weighted by molar-refractivity contribution is 7.14. The first-order valence-electron chi connectivity index (χ1n) is 6.32. The monoisotopic (exact) mass is 350 g/mol. The van der Waals surface area contributed by atoms with Crippen molar-refractivity contribution in [1.29, 1.82) is 0 Å². The number of esters is 1. The van der Waals surface area contributed by atoms with Gasteiger partial charge < -0.3 is 10.5 Å². The second kappa shape index (κ2) is 6.48. The van der Waals surface area contributed by atoms with Gasteiger partial charge in [-0.2, -0.15) is 11.3 Å². The van der Waals surface area contributed by atoms with Gasteiger partial charge in [0.2, 0.25) is 0 Å². The fraction of sp³-hybridized carbons (Fsp3) is 0.0667. The van der Waals surface area contributed by atoms with Crippen molar-refractivity contribution in [1.82, 2.24) is 4.98 Å². The number of nitrogens with two attached hydrogens (primary N) is 1. The molecule has 0 saturated heterocycles. The van der Waals surface area contributed by atoms with E-state index in [0.29, 0.717) is 22.0 Å². The van der Waals surface area contributed by atoms with Crippen molar-refractivity contribution >= 4 is 45.9 Å². The zero-order chi connectivity index (χ0) is 15.5. The van der Waals surface area contributed by atoms with Crippen LogP contribution in [-0.2, 0) is 11.3 Å². The minimum absolute atomic E-state index is 0.113. The third-order valence-electron chi connectivity index (χ3n) is 2.90. The molecule has 0 spiro atoms. The summed E-state index contributed by atoms with van der Waals surface area (Å²) in [6.45, 7) is 0.113. The topological polar surface area (TPSA) is 65.2 Å². The van der Waals surface area contributed by atoms with E-state index in [1.54, 1.807) is 23.5 Å². The van der Waals surface area contributed by atoms with E-state index >= 15 is 0 Å². The van der Waals surface area contributed by atoms with Crippen LogP contribution in [0.3, 0.4) is 0 Å². The molecule has 3 aromatic rings. The number of aromatic nitrogens is 1. The molecule has 2 aromatic heterocycles. The lowest BCUT2D eigenvalue weighted by Crippen LogP contribution is -2.08. The number of nitrogen functional groups attached to an aromatic ring is 1. The van der Waals surface area contributed by atoms with E-state index in [4.69, 9.17) is 22.1 Å². The molecule has 0 aliphatic carbocycles. The summed E-state index contributed by atoms with van der Waals surface area (Å²) in [4.78, 5) is 16.5. The molecule has 2 N–H and O–H groups in total. The van der Waals surface area contributed by atoms with Gasteiger partial charge in [-0.3, -0.25) is 0 Å². The maximum Gasteiger partial charge on any atom is 0.340 e. The normalized spacial score (nSPS) is 10.6. The summed E-state index contributed by atoms with van der Waals surface area (Å²) < 4.78 is 5.25. The van der Waals surface area contributed by atoms with Crippen LogP contribution in [0.25, 0.3) is 10.6 Å². The first-order chi connectivity index (χ1) is 10.6. The second-order valence-electron chi connectivity index (χ2n) is 4.46. The van der Waals surface area contributed by atoms with E-state index in [1.165, 1.54) is 17.4 Å². The second-order valence-corrected chi connectivity index (χ2v) is 6.54. The molecule has 0 amide bonds. The number of rotatable bonds is 4. The maximum atomic E-state index is 12.0. The van der Waals surface area contributed by atoms with Crippen molar-refractivity contribution in [2.24, 2.45) is 0 Å². The Morgan fingerprint density at radius 1 is 1.32 bits per heavy atom. The van der Waals surface area contributed by atoms with Crippen molar-refractivity contribution in [3.05, 3.63) is 56.7 Å². The number of thiophene rings is 1. The fourth-order valence-corrected chi connectivity index (χ4v) is 3.53. The van der Waals surface area contributed by atoms with E-state index in [2.05, 4.69) is 4.98 Å². The Morgan fingerprint density at radius 3 is 2.91 bits per heavy atom. The number of carbonyl (C=O) groups is 1. The molecule has 3 rings (SSSR count). The third kappa shape index (κ3) is 3.30. The van der Waals surface area contributed by atoms with Crippen LogP contribution in [-0.4, -0.2) is 11.0 Å². The molecule has 0 radical (unpaired) electrons. The van der Waals surface area contributed by atoms with E-state index in [-0.39, 0.29) is 6.61 Å². The summed E-state index contributed by atoms with van der Waals surface area (Å²) in [6.07, 6.45) is 0. The van der Waals surface area contributed by atoms with E-state index < -0.39 is 5.97 Å². The first kappa shape index (κ1) is 15.0. The van der Waals surface area contributed by atoms with Crippen LogP contribution in [0.4, 0.5) is 5.69 Å². The Kier molecular flexibility index (Phi) is 4.42. The molecule has 1 aromatic carbocycles. The van der Waals surface area contributed by atoms with Crippen molar-refractivity contribution in [2.45, 2.75) is 6.61 Å². The standard InChI is InChI=1S/C15H11ClN2O2S2/c16-10-1-2-12(13(17)5-10)15(19)20-6-11-8-22-14(18-11)9-3-4-21-7-9/h1-5,7-8H,6,17H2. The number of hydrogen-bond acceptors (Lipinski definition) is 6. The number of hydrogen-bond donors (Lipinski definition) is 1. The third-order valence-corrected chi connectivity index (χ3v) is 4.76. The molecule has 0 fully saturated rings. The van der Waals surface area contributed by atoms with Crippen LogP contribution >= 0.6 is 34.3 Å². The molecule has 0 aliphatic rings. The van der Waals surface area contributed by atoms with Gasteiger partial charge in [-0.25, -0.2) is 9.78 Å². The van der Waals surface area contributed by atoms with Gasteiger partial charge in [0.25, 0.3) is 0 Å². The summed E-state index contributed by atoms with van der Waals surface area (Å²) >= 11 is 8.95. The average Bonchev–Trinajstić information content (AvgIpc) is 3.16. The van der Waals surface area contributed by atoms with Crippen LogP contribution in [0.15, 0.2) is 40.4 Å². The lowest BCUT2D eigenvalue weighted by molar-refractivity contribution is 0.0470. The molecule has 2 heterocycles. The Labute approximate surface area is 140 Å². The number of ether oxygens (including phenoxy) is 1. The number of halogens is 1. The fourth-order valence-electron chi connectivity index (χ4n) is 1.83. The number of benzene rings is 1. The zero-order valence-corrected chi connectivity index (χ0v) is 13.7. The van der Waals surface area contributed by atoms with Gasteiger partial charge in [0.15, 0.2) is 0 Å². The molecule has 0 aliphatic heterocycles. The first-order valence-corrected chi connectivity index (χ1v) is 8.52. The number of carbonyl (C=O) groups excluding carboxylic acids is 1. The lowest BCUT2D eigenvalue weighted by Gasteiger charge is -2.06. The van der Waals surface area contributed by atoms with Gasteiger partial charge in [-0.05, 0) is 29.6 Å². The Balaban J connectivity index is 1.66. The Bertz CT molecular complexity index is 800. The number of thiazole rings is 1. The maximum absolute atomic E-state index is 12.0. The van der Waals surface area contributed by atoms with Crippen LogP contribution < -0.4 is 5.73 Å². The highest BCUT2D eigenvalue weighted by atomic mass is 35.5. The summed E-state index contributed by atoms with van der Waals surface area (Å²) in [5, 5.41) is 7.31. The Morgan fingerprint density at radius 2 is 2.18 bits per heavy atom.